The molecule has 0 unspecified atom stereocenters. The van der Waals surface area contributed by atoms with E-state index < -0.39 is 0 Å². The molecule has 3 nitrogen and oxygen atoms in total. The lowest BCUT2D eigenvalue weighted by atomic mass is 10.1. The van der Waals surface area contributed by atoms with Gasteiger partial charge in [0.1, 0.15) is 0 Å². The first-order valence-electron chi connectivity index (χ1n) is 5.77. The number of esters is 1. The molecule has 1 aliphatic carbocycles. The zero-order valence-corrected chi connectivity index (χ0v) is 9.62. The van der Waals surface area contributed by atoms with E-state index >= 15 is 0 Å². The van der Waals surface area contributed by atoms with Crippen molar-refractivity contribution in [3.63, 3.8) is 0 Å². The van der Waals surface area contributed by atoms with Crippen LogP contribution in [0.5, 0.6) is 0 Å². The van der Waals surface area contributed by atoms with Crippen molar-refractivity contribution in [3.8, 4) is 11.3 Å². The van der Waals surface area contributed by atoms with Crippen LogP contribution in [0.2, 0.25) is 0 Å². The van der Waals surface area contributed by atoms with Crippen molar-refractivity contribution in [1.82, 2.24) is 4.98 Å². The zero-order valence-electron chi connectivity index (χ0n) is 9.62. The lowest BCUT2D eigenvalue weighted by Crippen LogP contribution is -2.05. The minimum atomic E-state index is -0.238. The summed E-state index contributed by atoms with van der Waals surface area (Å²) in [6.45, 7) is 2.23. The molecule has 0 radical (unpaired) electrons. The number of aromatic nitrogens is 1. The van der Waals surface area contributed by atoms with E-state index in [2.05, 4.69) is 17.1 Å². The highest BCUT2D eigenvalue weighted by Crippen LogP contribution is 2.37. The Morgan fingerprint density at radius 3 is 3.06 bits per heavy atom. The van der Waals surface area contributed by atoms with Crippen LogP contribution in [-0.4, -0.2) is 17.6 Å². The third-order valence-electron chi connectivity index (χ3n) is 3.14. The molecule has 0 amide bonds. The van der Waals surface area contributed by atoms with Crippen molar-refractivity contribution in [2.24, 2.45) is 0 Å². The SMILES string of the molecule is CCOC(=O)c1c[nH]c2c1Cc1ccccc1-2. The Kier molecular flexibility index (Phi) is 2.25. The molecule has 1 aromatic heterocycles. The molecule has 0 atom stereocenters. The number of carbonyl (C=O) groups excluding carboxylic acids is 1. The largest absolute Gasteiger partial charge is 0.462 e. The molecule has 1 heterocycles. The molecule has 0 bridgehead atoms. The van der Waals surface area contributed by atoms with Gasteiger partial charge >= 0.3 is 5.97 Å². The molecule has 0 spiro atoms. The summed E-state index contributed by atoms with van der Waals surface area (Å²) >= 11 is 0. The smallest absolute Gasteiger partial charge is 0.339 e. The van der Waals surface area contributed by atoms with Crippen LogP contribution in [0.1, 0.15) is 28.4 Å². The van der Waals surface area contributed by atoms with E-state index in [9.17, 15) is 4.79 Å². The summed E-state index contributed by atoms with van der Waals surface area (Å²) in [5, 5.41) is 0. The van der Waals surface area contributed by atoms with E-state index in [1.54, 1.807) is 6.20 Å². The number of hydrogen-bond donors (Lipinski definition) is 1. The Balaban J connectivity index is 2.05. The van der Waals surface area contributed by atoms with Gasteiger partial charge in [-0.25, -0.2) is 4.79 Å². The monoisotopic (exact) mass is 227 g/mol. The molecular formula is C14H13NO2. The van der Waals surface area contributed by atoms with Crippen molar-refractivity contribution in [3.05, 3.63) is 47.2 Å². The van der Waals surface area contributed by atoms with Crippen LogP contribution >= 0.6 is 0 Å². The van der Waals surface area contributed by atoms with Gasteiger partial charge in [0.2, 0.25) is 0 Å². The molecule has 2 aromatic rings. The number of H-pyrrole nitrogens is 1. The third kappa shape index (κ3) is 1.46. The summed E-state index contributed by atoms with van der Waals surface area (Å²) in [6, 6.07) is 8.21. The van der Waals surface area contributed by atoms with Gasteiger partial charge < -0.3 is 9.72 Å². The Bertz CT molecular complexity index is 584. The highest BCUT2D eigenvalue weighted by molar-refractivity contribution is 5.95. The van der Waals surface area contributed by atoms with E-state index in [1.807, 2.05) is 19.1 Å². The van der Waals surface area contributed by atoms with Gasteiger partial charge in [0, 0.05) is 18.2 Å². The predicted molar refractivity (Wildman–Crippen MR) is 65.0 cm³/mol. The molecule has 1 aromatic carbocycles. The number of rotatable bonds is 2. The molecule has 1 N–H and O–H groups in total. The quantitative estimate of drug-likeness (QED) is 0.684. The second-order valence-electron chi connectivity index (χ2n) is 4.11. The summed E-state index contributed by atoms with van der Waals surface area (Å²) < 4.78 is 5.05. The number of carbonyl (C=O) groups is 1. The van der Waals surface area contributed by atoms with E-state index in [-0.39, 0.29) is 5.97 Å². The summed E-state index contributed by atoms with van der Waals surface area (Å²) in [5.41, 5.74) is 5.24. The van der Waals surface area contributed by atoms with Crippen LogP contribution in [0.25, 0.3) is 11.3 Å². The van der Waals surface area contributed by atoms with Crippen LogP contribution < -0.4 is 0 Å². The molecule has 17 heavy (non-hydrogen) atoms. The number of nitrogens with one attached hydrogen (secondary N) is 1. The second kappa shape index (κ2) is 3.77. The highest BCUT2D eigenvalue weighted by atomic mass is 16.5. The van der Waals surface area contributed by atoms with E-state index in [1.165, 1.54) is 11.1 Å². The normalized spacial score (nSPS) is 12.1. The van der Waals surface area contributed by atoms with Gasteiger partial charge in [-0.05, 0) is 18.1 Å². The van der Waals surface area contributed by atoms with Crippen LogP contribution in [0.15, 0.2) is 30.5 Å². The van der Waals surface area contributed by atoms with Gasteiger partial charge in [-0.15, -0.1) is 0 Å². The maximum absolute atomic E-state index is 11.8. The van der Waals surface area contributed by atoms with Gasteiger partial charge in [0.25, 0.3) is 0 Å². The first kappa shape index (κ1) is 10.1. The average Bonchev–Trinajstić information content (AvgIpc) is 2.87. The molecule has 0 fully saturated rings. The number of benzene rings is 1. The van der Waals surface area contributed by atoms with Gasteiger partial charge in [-0.2, -0.15) is 0 Å². The van der Waals surface area contributed by atoms with Gasteiger partial charge in [-0.3, -0.25) is 0 Å². The van der Waals surface area contributed by atoms with Crippen molar-refractivity contribution in [2.75, 3.05) is 6.61 Å². The fourth-order valence-electron chi connectivity index (χ4n) is 2.38. The maximum Gasteiger partial charge on any atom is 0.339 e. The molecule has 3 rings (SSSR count). The van der Waals surface area contributed by atoms with Gasteiger partial charge in [-0.1, -0.05) is 24.3 Å². The lowest BCUT2D eigenvalue weighted by Gasteiger charge is -2.00. The van der Waals surface area contributed by atoms with Crippen LogP contribution in [0, 0.1) is 0 Å². The molecule has 1 aliphatic rings. The molecule has 0 aliphatic heterocycles. The Labute approximate surface area is 99.4 Å². The molecule has 3 heteroatoms. The van der Waals surface area contributed by atoms with Gasteiger partial charge in [0.05, 0.1) is 17.9 Å². The van der Waals surface area contributed by atoms with Crippen LogP contribution in [0.3, 0.4) is 0 Å². The third-order valence-corrected chi connectivity index (χ3v) is 3.14. The Hall–Kier alpha value is -2.03. The summed E-state index contributed by atoms with van der Waals surface area (Å²) in [7, 11) is 0. The molecule has 86 valence electrons. The van der Waals surface area contributed by atoms with Crippen molar-refractivity contribution >= 4 is 5.97 Å². The predicted octanol–water partition coefficient (Wildman–Crippen LogP) is 2.76. The van der Waals surface area contributed by atoms with Crippen LogP contribution in [0.4, 0.5) is 0 Å². The first-order valence-corrected chi connectivity index (χ1v) is 5.77. The first-order chi connectivity index (χ1) is 8.31. The lowest BCUT2D eigenvalue weighted by molar-refractivity contribution is 0.0525. The van der Waals surface area contributed by atoms with E-state index in [0.717, 1.165) is 17.7 Å². The number of hydrogen-bond acceptors (Lipinski definition) is 2. The summed E-state index contributed by atoms with van der Waals surface area (Å²) in [4.78, 5) is 15.0. The van der Waals surface area contributed by atoms with Crippen LogP contribution in [-0.2, 0) is 11.2 Å². The minimum absolute atomic E-state index is 0.238. The standard InChI is InChI=1S/C14H13NO2/c1-2-17-14(16)12-8-15-13-10-6-4-3-5-9(10)7-11(12)13/h3-6,8,15H,2,7H2,1H3. The van der Waals surface area contributed by atoms with Crippen molar-refractivity contribution < 1.29 is 9.53 Å². The molecule has 0 saturated heterocycles. The number of fused-ring (bicyclic) bond motifs is 3. The van der Waals surface area contributed by atoms with Crippen molar-refractivity contribution in [1.29, 1.82) is 0 Å². The van der Waals surface area contributed by atoms with Crippen molar-refractivity contribution in [2.45, 2.75) is 13.3 Å². The van der Waals surface area contributed by atoms with Gasteiger partial charge in [0.15, 0.2) is 0 Å². The second-order valence-corrected chi connectivity index (χ2v) is 4.11. The fourth-order valence-corrected chi connectivity index (χ4v) is 2.38. The molecule has 0 saturated carbocycles. The highest BCUT2D eigenvalue weighted by Gasteiger charge is 2.25. The minimum Gasteiger partial charge on any atom is -0.462 e. The Morgan fingerprint density at radius 1 is 1.41 bits per heavy atom. The topological polar surface area (TPSA) is 42.1 Å². The number of ether oxygens (including phenoxy) is 1. The maximum atomic E-state index is 11.8. The van der Waals surface area contributed by atoms with E-state index in [0.29, 0.717) is 12.2 Å². The Morgan fingerprint density at radius 2 is 2.24 bits per heavy atom. The zero-order chi connectivity index (χ0) is 11.8. The number of aromatic amines is 1. The average molecular weight is 227 g/mol. The van der Waals surface area contributed by atoms with E-state index in [4.69, 9.17) is 4.74 Å². The molecular weight excluding hydrogens is 214 g/mol. The summed E-state index contributed by atoms with van der Waals surface area (Å²) in [5.74, 6) is -0.238. The fraction of sp³-hybridized carbons (Fsp3) is 0.214. The summed E-state index contributed by atoms with van der Waals surface area (Å²) in [6.07, 6.45) is 2.56.